The van der Waals surface area contributed by atoms with Crippen LogP contribution in [-0.4, -0.2) is 36.9 Å². The fraction of sp³-hybridized carbons (Fsp3) is 0.556. The third-order valence-corrected chi connectivity index (χ3v) is 4.88. The van der Waals surface area contributed by atoms with Gasteiger partial charge in [0.1, 0.15) is 5.75 Å². The number of amides is 1. The molecule has 3 rings (SSSR count). The standard InChI is InChI=1S/C18H24N2O3/c1-11(21)12-3-6-17(23-2)13(7-12)8-18(22)20-16-9-14-4-5-15(10-16)19-14/h3,6-7,14-16,19H,4-5,8-10H2,1-2H3,(H,20,22). The van der Waals surface area contributed by atoms with E-state index in [0.29, 0.717) is 23.4 Å². The molecule has 0 spiro atoms. The van der Waals surface area contributed by atoms with E-state index in [1.807, 2.05) is 0 Å². The summed E-state index contributed by atoms with van der Waals surface area (Å²) in [4.78, 5) is 23.9. The van der Waals surface area contributed by atoms with Gasteiger partial charge in [-0.15, -0.1) is 0 Å². The predicted octanol–water partition coefficient (Wildman–Crippen LogP) is 1.84. The highest BCUT2D eigenvalue weighted by atomic mass is 16.5. The van der Waals surface area contributed by atoms with Gasteiger partial charge in [0, 0.05) is 29.3 Å². The van der Waals surface area contributed by atoms with Crippen molar-refractivity contribution in [3.8, 4) is 5.75 Å². The molecule has 23 heavy (non-hydrogen) atoms. The number of rotatable bonds is 5. The molecule has 1 amide bonds. The molecule has 2 saturated heterocycles. The van der Waals surface area contributed by atoms with Gasteiger partial charge in [0.2, 0.25) is 5.91 Å². The number of benzene rings is 1. The number of carbonyl (C=O) groups is 2. The van der Waals surface area contributed by atoms with Crippen molar-refractivity contribution in [2.45, 2.75) is 57.2 Å². The van der Waals surface area contributed by atoms with Crippen LogP contribution in [0.5, 0.6) is 5.75 Å². The Kier molecular flexibility index (Phi) is 4.66. The molecule has 2 atom stereocenters. The molecular formula is C18H24N2O3. The highest BCUT2D eigenvalue weighted by Crippen LogP contribution is 2.27. The van der Waals surface area contributed by atoms with Crippen molar-refractivity contribution in [2.24, 2.45) is 0 Å². The summed E-state index contributed by atoms with van der Waals surface area (Å²) >= 11 is 0. The Bertz CT molecular complexity index is 602. The summed E-state index contributed by atoms with van der Waals surface area (Å²) in [6.45, 7) is 1.52. The van der Waals surface area contributed by atoms with Crippen LogP contribution in [-0.2, 0) is 11.2 Å². The van der Waals surface area contributed by atoms with E-state index in [9.17, 15) is 9.59 Å². The van der Waals surface area contributed by atoms with E-state index in [0.717, 1.165) is 18.4 Å². The Morgan fingerprint density at radius 3 is 2.57 bits per heavy atom. The summed E-state index contributed by atoms with van der Waals surface area (Å²) < 4.78 is 5.31. The molecule has 5 nitrogen and oxygen atoms in total. The van der Waals surface area contributed by atoms with Gasteiger partial charge < -0.3 is 15.4 Å². The number of carbonyl (C=O) groups excluding carboxylic acids is 2. The van der Waals surface area contributed by atoms with Crippen LogP contribution >= 0.6 is 0 Å². The van der Waals surface area contributed by atoms with E-state index in [2.05, 4.69) is 10.6 Å². The Morgan fingerprint density at radius 1 is 1.26 bits per heavy atom. The minimum atomic E-state index is -0.00996. The molecule has 2 heterocycles. The summed E-state index contributed by atoms with van der Waals surface area (Å²) in [5.41, 5.74) is 1.36. The summed E-state index contributed by atoms with van der Waals surface area (Å²) in [7, 11) is 1.58. The zero-order valence-electron chi connectivity index (χ0n) is 13.7. The zero-order chi connectivity index (χ0) is 16.4. The van der Waals surface area contributed by atoms with Crippen LogP contribution in [0.15, 0.2) is 18.2 Å². The molecule has 2 N–H and O–H groups in total. The molecular weight excluding hydrogens is 292 g/mol. The third kappa shape index (κ3) is 3.72. The van der Waals surface area contributed by atoms with E-state index in [-0.39, 0.29) is 24.2 Å². The minimum absolute atomic E-state index is 0.00435. The Hall–Kier alpha value is -1.88. The highest BCUT2D eigenvalue weighted by molar-refractivity contribution is 5.94. The quantitative estimate of drug-likeness (QED) is 0.814. The first-order chi connectivity index (χ1) is 11.0. The number of piperidine rings is 1. The average Bonchev–Trinajstić information content (AvgIpc) is 2.85. The van der Waals surface area contributed by atoms with Gasteiger partial charge in [0.05, 0.1) is 13.5 Å². The van der Waals surface area contributed by atoms with Crippen molar-refractivity contribution < 1.29 is 14.3 Å². The number of methoxy groups -OCH3 is 1. The first-order valence-electron chi connectivity index (χ1n) is 8.28. The van der Waals surface area contributed by atoms with Gasteiger partial charge in [-0.1, -0.05) is 0 Å². The normalized spacial score (nSPS) is 25.9. The van der Waals surface area contributed by atoms with E-state index in [1.165, 1.54) is 19.8 Å². The van der Waals surface area contributed by atoms with Crippen LogP contribution in [0, 0.1) is 0 Å². The van der Waals surface area contributed by atoms with E-state index in [4.69, 9.17) is 4.74 Å². The number of nitrogens with one attached hydrogen (secondary N) is 2. The molecule has 2 bridgehead atoms. The largest absolute Gasteiger partial charge is 0.496 e. The molecule has 1 aromatic carbocycles. The maximum absolute atomic E-state index is 12.4. The second kappa shape index (κ2) is 6.71. The Labute approximate surface area is 136 Å². The van der Waals surface area contributed by atoms with Crippen molar-refractivity contribution in [3.05, 3.63) is 29.3 Å². The topological polar surface area (TPSA) is 67.4 Å². The van der Waals surface area contributed by atoms with Crippen LogP contribution in [0.25, 0.3) is 0 Å². The molecule has 0 saturated carbocycles. The van der Waals surface area contributed by atoms with Crippen molar-refractivity contribution in [1.82, 2.24) is 10.6 Å². The molecule has 2 aliphatic rings. The van der Waals surface area contributed by atoms with Crippen molar-refractivity contribution in [3.63, 3.8) is 0 Å². The molecule has 0 aromatic heterocycles. The summed E-state index contributed by atoms with van der Waals surface area (Å²) in [6.07, 6.45) is 4.68. The minimum Gasteiger partial charge on any atom is -0.496 e. The Morgan fingerprint density at radius 2 is 1.96 bits per heavy atom. The van der Waals surface area contributed by atoms with Gasteiger partial charge in [0.15, 0.2) is 5.78 Å². The first-order valence-corrected chi connectivity index (χ1v) is 8.28. The fourth-order valence-electron chi connectivity index (χ4n) is 3.76. The summed E-state index contributed by atoms with van der Waals surface area (Å²) in [5, 5.41) is 6.72. The smallest absolute Gasteiger partial charge is 0.224 e. The maximum Gasteiger partial charge on any atom is 0.224 e. The molecule has 2 aliphatic heterocycles. The van der Waals surface area contributed by atoms with Gasteiger partial charge in [-0.05, 0) is 50.8 Å². The third-order valence-electron chi connectivity index (χ3n) is 4.88. The monoisotopic (exact) mass is 316 g/mol. The second-order valence-electron chi connectivity index (χ2n) is 6.63. The lowest BCUT2D eigenvalue weighted by Gasteiger charge is -2.29. The van der Waals surface area contributed by atoms with E-state index in [1.54, 1.807) is 25.3 Å². The van der Waals surface area contributed by atoms with Crippen LogP contribution in [0.1, 0.15) is 48.5 Å². The number of ether oxygens (including phenoxy) is 1. The lowest BCUT2D eigenvalue weighted by molar-refractivity contribution is -0.121. The van der Waals surface area contributed by atoms with Gasteiger partial charge >= 0.3 is 0 Å². The van der Waals surface area contributed by atoms with Gasteiger partial charge in [-0.2, -0.15) is 0 Å². The van der Waals surface area contributed by atoms with Crippen molar-refractivity contribution >= 4 is 11.7 Å². The number of fused-ring (bicyclic) bond motifs is 2. The fourth-order valence-corrected chi connectivity index (χ4v) is 3.76. The van der Waals surface area contributed by atoms with Crippen LogP contribution < -0.4 is 15.4 Å². The number of hydrogen-bond donors (Lipinski definition) is 2. The van der Waals surface area contributed by atoms with Crippen molar-refractivity contribution in [2.75, 3.05) is 7.11 Å². The van der Waals surface area contributed by atoms with E-state index < -0.39 is 0 Å². The lowest BCUT2D eigenvalue weighted by atomic mass is 9.99. The van der Waals surface area contributed by atoms with Crippen LogP contribution in [0.3, 0.4) is 0 Å². The first kappa shape index (κ1) is 16.0. The molecule has 0 aliphatic carbocycles. The summed E-state index contributed by atoms with van der Waals surface area (Å²) in [5.74, 6) is 0.634. The molecule has 2 fully saturated rings. The van der Waals surface area contributed by atoms with Crippen LogP contribution in [0.2, 0.25) is 0 Å². The molecule has 0 radical (unpaired) electrons. The number of hydrogen-bond acceptors (Lipinski definition) is 4. The van der Waals surface area contributed by atoms with E-state index >= 15 is 0 Å². The second-order valence-corrected chi connectivity index (χ2v) is 6.63. The zero-order valence-corrected chi connectivity index (χ0v) is 13.7. The lowest BCUT2D eigenvalue weighted by Crippen LogP contribution is -2.48. The molecule has 5 heteroatoms. The average molecular weight is 316 g/mol. The number of Topliss-reactive ketones (excluding diaryl/α,β-unsaturated/α-hetero) is 1. The SMILES string of the molecule is COc1ccc(C(C)=O)cc1CC(=O)NC1CC2CCC(C1)N2. The van der Waals surface area contributed by atoms with Crippen LogP contribution in [0.4, 0.5) is 0 Å². The Balaban J connectivity index is 1.65. The maximum atomic E-state index is 12.4. The molecule has 2 unspecified atom stereocenters. The molecule has 124 valence electrons. The van der Waals surface area contributed by atoms with Gasteiger partial charge in [0.25, 0.3) is 0 Å². The summed E-state index contributed by atoms with van der Waals surface area (Å²) in [6, 6.07) is 6.59. The predicted molar refractivity (Wildman–Crippen MR) is 87.8 cm³/mol. The highest BCUT2D eigenvalue weighted by Gasteiger charge is 2.33. The number of ketones is 1. The van der Waals surface area contributed by atoms with Gasteiger partial charge in [-0.3, -0.25) is 9.59 Å². The molecule has 1 aromatic rings. The van der Waals surface area contributed by atoms with Crippen molar-refractivity contribution in [1.29, 1.82) is 0 Å². The van der Waals surface area contributed by atoms with Gasteiger partial charge in [-0.25, -0.2) is 0 Å².